The van der Waals surface area contributed by atoms with Crippen LogP contribution >= 0.6 is 0 Å². The lowest BCUT2D eigenvalue weighted by Gasteiger charge is -2.11. The molecular weight excluding hydrogens is 198 g/mol. The van der Waals surface area contributed by atoms with Crippen LogP contribution in [0.15, 0.2) is 18.2 Å². The number of ether oxygens (including phenoxy) is 1. The molecule has 5 heteroatoms. The van der Waals surface area contributed by atoms with Crippen LogP contribution in [0.25, 0.3) is 0 Å². The Labute approximate surface area is 87.1 Å². The molecule has 0 saturated carbocycles. The van der Waals surface area contributed by atoms with E-state index in [-0.39, 0.29) is 17.9 Å². The average molecular weight is 211 g/mol. The molecule has 4 N–H and O–H groups in total. The topological polar surface area (TPSA) is 92.8 Å². The van der Waals surface area contributed by atoms with Crippen LogP contribution in [0.2, 0.25) is 0 Å². The van der Waals surface area contributed by atoms with Gasteiger partial charge in [0.05, 0.1) is 6.10 Å². The third-order valence-electron chi connectivity index (χ3n) is 1.72. The number of benzene rings is 1. The first-order chi connectivity index (χ1) is 7.00. The average Bonchev–Trinajstić information content (AvgIpc) is 2.14. The van der Waals surface area contributed by atoms with Crippen LogP contribution in [-0.2, 0) is 0 Å². The Kier molecular flexibility index (Phi) is 3.51. The molecule has 1 atom stereocenters. The third kappa shape index (κ3) is 3.14. The predicted molar refractivity (Wildman–Crippen MR) is 55.0 cm³/mol. The molecule has 1 unspecified atom stereocenters. The van der Waals surface area contributed by atoms with Gasteiger partial charge in [-0.25, -0.2) is 4.79 Å². The Morgan fingerprint density at radius 1 is 1.60 bits per heavy atom. The Morgan fingerprint density at radius 3 is 2.80 bits per heavy atom. The second kappa shape index (κ2) is 4.65. The lowest BCUT2D eigenvalue weighted by molar-refractivity contribution is 0.0686. The molecule has 0 fully saturated rings. The largest absolute Gasteiger partial charge is 0.490 e. The highest BCUT2D eigenvalue weighted by atomic mass is 16.5. The quantitative estimate of drug-likeness (QED) is 0.638. The van der Waals surface area contributed by atoms with E-state index in [1.807, 2.05) is 0 Å². The SMILES string of the molecule is CC(O)COc1cc(N)ccc1C(=O)O. The number of nitrogen functional groups attached to an aromatic ring is 1. The second-order valence-electron chi connectivity index (χ2n) is 3.22. The maximum atomic E-state index is 10.8. The number of hydrogen-bond donors (Lipinski definition) is 3. The van der Waals surface area contributed by atoms with Crippen LogP contribution in [0.3, 0.4) is 0 Å². The molecule has 1 rings (SSSR count). The molecule has 5 nitrogen and oxygen atoms in total. The van der Waals surface area contributed by atoms with Gasteiger partial charge in [0.25, 0.3) is 0 Å². The molecule has 15 heavy (non-hydrogen) atoms. The summed E-state index contributed by atoms with van der Waals surface area (Å²) in [5.74, 6) is -0.918. The van der Waals surface area contributed by atoms with E-state index < -0.39 is 12.1 Å². The summed E-state index contributed by atoms with van der Waals surface area (Å²) in [5.41, 5.74) is 5.95. The minimum atomic E-state index is -1.09. The Bertz CT molecular complexity index is 362. The van der Waals surface area contributed by atoms with Crippen molar-refractivity contribution in [3.8, 4) is 5.75 Å². The molecule has 0 spiro atoms. The summed E-state index contributed by atoms with van der Waals surface area (Å²) in [7, 11) is 0. The normalized spacial score (nSPS) is 12.1. The fraction of sp³-hybridized carbons (Fsp3) is 0.300. The number of carboxylic acids is 1. The molecule has 0 bridgehead atoms. The van der Waals surface area contributed by atoms with Gasteiger partial charge in [-0.05, 0) is 19.1 Å². The lowest BCUT2D eigenvalue weighted by atomic mass is 10.2. The van der Waals surface area contributed by atoms with E-state index in [9.17, 15) is 4.79 Å². The zero-order chi connectivity index (χ0) is 11.4. The zero-order valence-corrected chi connectivity index (χ0v) is 8.30. The number of rotatable bonds is 4. The third-order valence-corrected chi connectivity index (χ3v) is 1.72. The van der Waals surface area contributed by atoms with Gasteiger partial charge in [-0.2, -0.15) is 0 Å². The predicted octanol–water partition coefficient (Wildman–Crippen LogP) is 0.727. The van der Waals surface area contributed by atoms with E-state index in [1.54, 1.807) is 6.92 Å². The Hall–Kier alpha value is -1.75. The fourth-order valence-corrected chi connectivity index (χ4v) is 1.05. The number of aromatic carboxylic acids is 1. The van der Waals surface area contributed by atoms with Crippen molar-refractivity contribution < 1.29 is 19.7 Å². The molecule has 1 aromatic rings. The van der Waals surface area contributed by atoms with Crippen molar-refractivity contribution in [2.45, 2.75) is 13.0 Å². The summed E-state index contributed by atoms with van der Waals surface area (Å²) in [6, 6.07) is 4.28. The molecule has 0 radical (unpaired) electrons. The highest BCUT2D eigenvalue weighted by Gasteiger charge is 2.11. The van der Waals surface area contributed by atoms with E-state index in [0.717, 1.165) is 0 Å². The van der Waals surface area contributed by atoms with Crippen LogP contribution in [0.5, 0.6) is 5.75 Å². The van der Waals surface area contributed by atoms with Gasteiger partial charge in [0.2, 0.25) is 0 Å². The molecule has 0 aliphatic carbocycles. The number of aliphatic hydroxyl groups is 1. The number of carboxylic acid groups (broad SMARTS) is 1. The van der Waals surface area contributed by atoms with Crippen molar-refractivity contribution in [3.63, 3.8) is 0 Å². The van der Waals surface area contributed by atoms with Gasteiger partial charge in [0.1, 0.15) is 17.9 Å². The summed E-state index contributed by atoms with van der Waals surface area (Å²) in [6.45, 7) is 1.58. The molecule has 0 aliphatic rings. The molecule has 0 heterocycles. The van der Waals surface area contributed by atoms with Crippen molar-refractivity contribution in [3.05, 3.63) is 23.8 Å². The number of nitrogens with two attached hydrogens (primary N) is 1. The van der Waals surface area contributed by atoms with Gasteiger partial charge in [-0.1, -0.05) is 0 Å². The van der Waals surface area contributed by atoms with E-state index in [1.165, 1.54) is 18.2 Å². The maximum absolute atomic E-state index is 10.8. The highest BCUT2D eigenvalue weighted by Crippen LogP contribution is 2.21. The Morgan fingerprint density at radius 2 is 2.27 bits per heavy atom. The molecule has 82 valence electrons. The standard InChI is InChI=1S/C10H13NO4/c1-6(12)5-15-9-4-7(11)2-3-8(9)10(13)14/h2-4,6,12H,5,11H2,1H3,(H,13,14). The minimum absolute atomic E-state index is 0.0315. The van der Waals surface area contributed by atoms with Gasteiger partial charge in [0.15, 0.2) is 0 Å². The highest BCUT2D eigenvalue weighted by molar-refractivity contribution is 5.91. The van der Waals surface area contributed by atoms with Crippen molar-refractivity contribution in [2.75, 3.05) is 12.3 Å². The van der Waals surface area contributed by atoms with Crippen molar-refractivity contribution in [2.24, 2.45) is 0 Å². The van der Waals surface area contributed by atoms with Crippen LogP contribution in [-0.4, -0.2) is 28.9 Å². The molecule has 0 saturated heterocycles. The molecule has 0 aromatic heterocycles. The lowest BCUT2D eigenvalue weighted by Crippen LogP contribution is -2.14. The van der Waals surface area contributed by atoms with Gasteiger partial charge >= 0.3 is 5.97 Å². The van der Waals surface area contributed by atoms with E-state index >= 15 is 0 Å². The molecule has 0 amide bonds. The van der Waals surface area contributed by atoms with Gasteiger partial charge in [0, 0.05) is 11.8 Å². The maximum Gasteiger partial charge on any atom is 0.339 e. The minimum Gasteiger partial charge on any atom is -0.490 e. The van der Waals surface area contributed by atoms with E-state index in [2.05, 4.69) is 0 Å². The van der Waals surface area contributed by atoms with Crippen LogP contribution in [0, 0.1) is 0 Å². The second-order valence-corrected chi connectivity index (χ2v) is 3.22. The van der Waals surface area contributed by atoms with Crippen molar-refractivity contribution in [1.82, 2.24) is 0 Å². The summed E-state index contributed by atoms with van der Waals surface area (Å²) in [4.78, 5) is 10.8. The first kappa shape index (κ1) is 11.3. The van der Waals surface area contributed by atoms with Crippen molar-refractivity contribution >= 4 is 11.7 Å². The summed E-state index contributed by atoms with van der Waals surface area (Å²) in [5, 5.41) is 17.8. The first-order valence-electron chi connectivity index (χ1n) is 4.44. The smallest absolute Gasteiger partial charge is 0.339 e. The fourth-order valence-electron chi connectivity index (χ4n) is 1.05. The molecule has 0 aliphatic heterocycles. The number of carbonyl (C=O) groups is 1. The Balaban J connectivity index is 2.92. The zero-order valence-electron chi connectivity index (χ0n) is 8.30. The van der Waals surface area contributed by atoms with Gasteiger partial charge in [-0.15, -0.1) is 0 Å². The van der Waals surface area contributed by atoms with Gasteiger partial charge in [-0.3, -0.25) is 0 Å². The first-order valence-corrected chi connectivity index (χ1v) is 4.44. The molecular formula is C10H13NO4. The van der Waals surface area contributed by atoms with Crippen LogP contribution in [0.1, 0.15) is 17.3 Å². The van der Waals surface area contributed by atoms with E-state index in [4.69, 9.17) is 20.7 Å². The number of aliphatic hydroxyl groups excluding tert-OH is 1. The van der Waals surface area contributed by atoms with Gasteiger partial charge < -0.3 is 20.7 Å². The van der Waals surface area contributed by atoms with E-state index in [0.29, 0.717) is 5.69 Å². The number of hydrogen-bond acceptors (Lipinski definition) is 4. The summed E-state index contributed by atoms with van der Waals surface area (Å²) >= 11 is 0. The summed E-state index contributed by atoms with van der Waals surface area (Å²) in [6.07, 6.45) is -0.659. The molecule has 1 aromatic carbocycles. The van der Waals surface area contributed by atoms with Crippen LogP contribution < -0.4 is 10.5 Å². The number of anilines is 1. The van der Waals surface area contributed by atoms with Crippen molar-refractivity contribution in [1.29, 1.82) is 0 Å². The summed E-state index contributed by atoms with van der Waals surface area (Å²) < 4.78 is 5.13. The van der Waals surface area contributed by atoms with Crippen LogP contribution in [0.4, 0.5) is 5.69 Å². The monoisotopic (exact) mass is 211 g/mol.